The fourth-order valence-electron chi connectivity index (χ4n) is 2.54. The molecule has 0 aromatic heterocycles. The zero-order chi connectivity index (χ0) is 17.3. The SMILES string of the molecule is CCCCOCCCN=C(NCC)NCCCCN1CCOCC1. The van der Waals surface area contributed by atoms with Crippen LogP contribution in [0.5, 0.6) is 0 Å². The molecule has 0 aromatic rings. The summed E-state index contributed by atoms with van der Waals surface area (Å²) in [5.41, 5.74) is 0. The van der Waals surface area contributed by atoms with Gasteiger partial charge in [0, 0.05) is 45.9 Å². The lowest BCUT2D eigenvalue weighted by molar-refractivity contribution is 0.0372. The molecule has 1 fully saturated rings. The van der Waals surface area contributed by atoms with E-state index in [0.29, 0.717) is 0 Å². The third-order valence-electron chi connectivity index (χ3n) is 4.00. The number of nitrogens with zero attached hydrogens (tertiary/aromatic N) is 2. The van der Waals surface area contributed by atoms with E-state index in [1.54, 1.807) is 0 Å². The Balaban J connectivity index is 2.03. The molecular formula is C18H38N4O2. The van der Waals surface area contributed by atoms with Gasteiger partial charge in [-0.3, -0.25) is 9.89 Å². The molecule has 0 spiro atoms. The largest absolute Gasteiger partial charge is 0.381 e. The van der Waals surface area contributed by atoms with Gasteiger partial charge in [0.05, 0.1) is 13.2 Å². The first-order valence-corrected chi connectivity index (χ1v) is 9.76. The minimum Gasteiger partial charge on any atom is -0.381 e. The van der Waals surface area contributed by atoms with Crippen LogP contribution in [0.25, 0.3) is 0 Å². The summed E-state index contributed by atoms with van der Waals surface area (Å²) < 4.78 is 10.9. The van der Waals surface area contributed by atoms with E-state index in [1.165, 1.54) is 25.8 Å². The van der Waals surface area contributed by atoms with Gasteiger partial charge in [-0.25, -0.2) is 0 Å². The van der Waals surface area contributed by atoms with Crippen LogP contribution < -0.4 is 10.6 Å². The van der Waals surface area contributed by atoms with Crippen LogP contribution in [0, 0.1) is 0 Å². The van der Waals surface area contributed by atoms with Crippen LogP contribution in [0.1, 0.15) is 46.0 Å². The second-order valence-corrected chi connectivity index (χ2v) is 6.17. The Kier molecular flexibility index (Phi) is 13.8. The van der Waals surface area contributed by atoms with Crippen molar-refractivity contribution in [3.05, 3.63) is 0 Å². The number of guanidine groups is 1. The Hall–Kier alpha value is -0.850. The van der Waals surface area contributed by atoms with Gasteiger partial charge in [-0.1, -0.05) is 13.3 Å². The van der Waals surface area contributed by atoms with Crippen molar-refractivity contribution in [1.29, 1.82) is 0 Å². The number of hydrogen-bond donors (Lipinski definition) is 2. The molecule has 0 unspecified atom stereocenters. The topological polar surface area (TPSA) is 58.1 Å². The van der Waals surface area contributed by atoms with E-state index in [0.717, 1.165) is 78.0 Å². The average Bonchev–Trinajstić information content (AvgIpc) is 2.61. The minimum absolute atomic E-state index is 0.808. The van der Waals surface area contributed by atoms with Crippen molar-refractivity contribution in [2.24, 2.45) is 4.99 Å². The van der Waals surface area contributed by atoms with Crippen molar-refractivity contribution in [2.75, 3.05) is 65.7 Å². The van der Waals surface area contributed by atoms with E-state index in [9.17, 15) is 0 Å². The molecule has 1 aliphatic rings. The highest BCUT2D eigenvalue weighted by Gasteiger charge is 2.08. The van der Waals surface area contributed by atoms with E-state index in [4.69, 9.17) is 9.47 Å². The van der Waals surface area contributed by atoms with Crippen LogP contribution >= 0.6 is 0 Å². The molecule has 0 saturated carbocycles. The Morgan fingerprint density at radius 2 is 1.83 bits per heavy atom. The molecule has 1 heterocycles. The van der Waals surface area contributed by atoms with Gasteiger partial charge in [0.2, 0.25) is 0 Å². The summed E-state index contributed by atoms with van der Waals surface area (Å²) in [6.45, 7) is 13.8. The molecule has 6 nitrogen and oxygen atoms in total. The quantitative estimate of drug-likeness (QED) is 0.304. The highest BCUT2D eigenvalue weighted by atomic mass is 16.5. The molecule has 1 rings (SSSR count). The van der Waals surface area contributed by atoms with Crippen LogP contribution in [0.4, 0.5) is 0 Å². The molecule has 1 aliphatic heterocycles. The van der Waals surface area contributed by atoms with Crippen molar-refractivity contribution in [1.82, 2.24) is 15.5 Å². The second-order valence-electron chi connectivity index (χ2n) is 6.17. The monoisotopic (exact) mass is 342 g/mol. The normalized spacial score (nSPS) is 16.3. The Morgan fingerprint density at radius 1 is 1.04 bits per heavy atom. The number of nitrogens with one attached hydrogen (secondary N) is 2. The number of aliphatic imine (C=N–C) groups is 1. The first-order chi connectivity index (χ1) is 11.9. The highest BCUT2D eigenvalue weighted by Crippen LogP contribution is 1.99. The number of ether oxygens (including phenoxy) is 2. The van der Waals surface area contributed by atoms with Crippen LogP contribution in [-0.2, 0) is 9.47 Å². The van der Waals surface area contributed by atoms with Gasteiger partial charge in [0.1, 0.15) is 0 Å². The Morgan fingerprint density at radius 3 is 2.58 bits per heavy atom. The fourth-order valence-corrected chi connectivity index (χ4v) is 2.54. The zero-order valence-corrected chi connectivity index (χ0v) is 15.8. The van der Waals surface area contributed by atoms with Crippen LogP contribution in [0.2, 0.25) is 0 Å². The van der Waals surface area contributed by atoms with Crippen LogP contribution in [0.15, 0.2) is 4.99 Å². The van der Waals surface area contributed by atoms with E-state index in [1.807, 2.05) is 0 Å². The number of morpholine rings is 1. The minimum atomic E-state index is 0.808. The summed E-state index contributed by atoms with van der Waals surface area (Å²) in [5.74, 6) is 0.928. The Labute approximate surface area is 148 Å². The summed E-state index contributed by atoms with van der Waals surface area (Å²) in [7, 11) is 0. The summed E-state index contributed by atoms with van der Waals surface area (Å²) in [4.78, 5) is 7.09. The van der Waals surface area contributed by atoms with Crippen molar-refractivity contribution < 1.29 is 9.47 Å². The molecule has 0 aromatic carbocycles. The van der Waals surface area contributed by atoms with Gasteiger partial charge in [0.15, 0.2) is 5.96 Å². The molecule has 0 bridgehead atoms. The maximum Gasteiger partial charge on any atom is 0.191 e. The molecule has 2 N–H and O–H groups in total. The molecule has 0 aliphatic carbocycles. The van der Waals surface area contributed by atoms with Crippen molar-refractivity contribution >= 4 is 5.96 Å². The van der Waals surface area contributed by atoms with Crippen LogP contribution in [0.3, 0.4) is 0 Å². The molecule has 1 saturated heterocycles. The van der Waals surface area contributed by atoms with Gasteiger partial charge in [-0.05, 0) is 39.2 Å². The fraction of sp³-hybridized carbons (Fsp3) is 0.944. The van der Waals surface area contributed by atoms with Crippen molar-refractivity contribution in [3.8, 4) is 0 Å². The molecular weight excluding hydrogens is 304 g/mol. The lowest BCUT2D eigenvalue weighted by Gasteiger charge is -2.26. The van der Waals surface area contributed by atoms with Gasteiger partial charge in [-0.15, -0.1) is 0 Å². The Bertz CT molecular complexity index is 307. The van der Waals surface area contributed by atoms with E-state index in [-0.39, 0.29) is 0 Å². The predicted octanol–water partition coefficient (Wildman–Crippen LogP) is 1.86. The van der Waals surface area contributed by atoms with Crippen LogP contribution in [-0.4, -0.2) is 76.6 Å². The number of hydrogen-bond acceptors (Lipinski definition) is 4. The molecule has 0 atom stereocenters. The molecule has 0 radical (unpaired) electrons. The summed E-state index contributed by atoms with van der Waals surface area (Å²) in [5, 5.41) is 6.73. The molecule has 142 valence electrons. The van der Waals surface area contributed by atoms with Gasteiger partial charge < -0.3 is 20.1 Å². The van der Waals surface area contributed by atoms with Crippen molar-refractivity contribution in [2.45, 2.75) is 46.0 Å². The summed E-state index contributed by atoms with van der Waals surface area (Å²) in [6, 6.07) is 0. The number of unbranched alkanes of at least 4 members (excludes halogenated alkanes) is 2. The number of rotatable bonds is 13. The standard InChI is InChI=1S/C18H38N4O2/c1-3-5-14-23-15-8-10-21-18(19-4-2)20-9-6-7-11-22-12-16-24-17-13-22/h3-17H2,1-2H3,(H2,19,20,21). The van der Waals surface area contributed by atoms with Gasteiger partial charge in [0.25, 0.3) is 0 Å². The third-order valence-corrected chi connectivity index (χ3v) is 4.00. The first kappa shape index (κ1) is 21.2. The smallest absolute Gasteiger partial charge is 0.191 e. The lowest BCUT2D eigenvalue weighted by Crippen LogP contribution is -2.39. The first-order valence-electron chi connectivity index (χ1n) is 9.76. The molecule has 0 amide bonds. The third kappa shape index (κ3) is 11.6. The van der Waals surface area contributed by atoms with Gasteiger partial charge >= 0.3 is 0 Å². The zero-order valence-electron chi connectivity index (χ0n) is 15.8. The second kappa shape index (κ2) is 15.7. The van der Waals surface area contributed by atoms with E-state index >= 15 is 0 Å². The predicted molar refractivity (Wildman–Crippen MR) is 101 cm³/mol. The average molecular weight is 343 g/mol. The maximum atomic E-state index is 5.56. The molecule has 24 heavy (non-hydrogen) atoms. The maximum absolute atomic E-state index is 5.56. The van der Waals surface area contributed by atoms with Gasteiger partial charge in [-0.2, -0.15) is 0 Å². The van der Waals surface area contributed by atoms with E-state index < -0.39 is 0 Å². The summed E-state index contributed by atoms with van der Waals surface area (Å²) in [6.07, 6.45) is 5.72. The lowest BCUT2D eigenvalue weighted by atomic mass is 10.3. The highest BCUT2D eigenvalue weighted by molar-refractivity contribution is 5.79. The summed E-state index contributed by atoms with van der Waals surface area (Å²) >= 11 is 0. The molecule has 6 heteroatoms. The van der Waals surface area contributed by atoms with Crippen molar-refractivity contribution in [3.63, 3.8) is 0 Å². The van der Waals surface area contributed by atoms with E-state index in [2.05, 4.69) is 34.4 Å².